The lowest BCUT2D eigenvalue weighted by atomic mass is 10.2. The lowest BCUT2D eigenvalue weighted by Crippen LogP contribution is -2.14. The minimum Gasteiger partial charge on any atom is -0.440 e. The van der Waals surface area contributed by atoms with Crippen LogP contribution in [0.15, 0.2) is 28.8 Å². The average Bonchev–Trinajstić information content (AvgIpc) is 3.32. The standard InChI is InChI=1S/C16H10Cl3N3O2/c17-9-6-20-14(13(19)12(9)18)15(23)21-8-3-4-11-10(5-8)22-16(24-11)7-1-2-7/h3-7H,1-2H2,(H,21,23). The smallest absolute Gasteiger partial charge is 0.275 e. The number of benzene rings is 1. The molecule has 5 nitrogen and oxygen atoms in total. The summed E-state index contributed by atoms with van der Waals surface area (Å²) >= 11 is 17.8. The molecule has 0 atom stereocenters. The largest absolute Gasteiger partial charge is 0.440 e. The fourth-order valence-electron chi connectivity index (χ4n) is 2.32. The summed E-state index contributed by atoms with van der Waals surface area (Å²) in [6, 6.07) is 5.25. The molecule has 0 bridgehead atoms. The Morgan fingerprint density at radius 1 is 1.21 bits per heavy atom. The van der Waals surface area contributed by atoms with Crippen molar-refractivity contribution in [1.82, 2.24) is 9.97 Å². The van der Waals surface area contributed by atoms with E-state index < -0.39 is 5.91 Å². The van der Waals surface area contributed by atoms with Crippen molar-refractivity contribution in [2.45, 2.75) is 18.8 Å². The third kappa shape index (κ3) is 2.83. The number of anilines is 1. The molecule has 0 aliphatic heterocycles. The first-order chi connectivity index (χ1) is 11.5. The van der Waals surface area contributed by atoms with E-state index in [1.807, 2.05) is 0 Å². The van der Waals surface area contributed by atoms with E-state index in [1.54, 1.807) is 18.2 Å². The summed E-state index contributed by atoms with van der Waals surface area (Å²) < 4.78 is 5.70. The van der Waals surface area contributed by atoms with Crippen LogP contribution in [-0.2, 0) is 0 Å². The van der Waals surface area contributed by atoms with Crippen molar-refractivity contribution in [2.75, 3.05) is 5.32 Å². The van der Waals surface area contributed by atoms with Gasteiger partial charge in [-0.05, 0) is 31.0 Å². The van der Waals surface area contributed by atoms with Crippen LogP contribution in [-0.4, -0.2) is 15.9 Å². The van der Waals surface area contributed by atoms with Gasteiger partial charge in [-0.3, -0.25) is 4.79 Å². The first kappa shape index (κ1) is 15.7. The first-order valence-electron chi connectivity index (χ1n) is 7.24. The van der Waals surface area contributed by atoms with Crippen LogP contribution in [0.25, 0.3) is 11.1 Å². The zero-order valence-electron chi connectivity index (χ0n) is 12.1. The highest BCUT2D eigenvalue weighted by molar-refractivity contribution is 6.49. The quantitative estimate of drug-likeness (QED) is 0.666. The number of pyridine rings is 1. The molecule has 0 radical (unpaired) electrons. The fraction of sp³-hybridized carbons (Fsp3) is 0.188. The molecule has 122 valence electrons. The van der Waals surface area contributed by atoms with E-state index in [-0.39, 0.29) is 20.8 Å². The van der Waals surface area contributed by atoms with Crippen molar-refractivity contribution in [2.24, 2.45) is 0 Å². The highest BCUT2D eigenvalue weighted by atomic mass is 35.5. The van der Waals surface area contributed by atoms with Crippen molar-refractivity contribution in [1.29, 1.82) is 0 Å². The molecule has 2 heterocycles. The molecule has 0 unspecified atom stereocenters. The number of rotatable bonds is 3. The number of carbonyl (C=O) groups is 1. The van der Waals surface area contributed by atoms with Gasteiger partial charge in [0.15, 0.2) is 11.5 Å². The molecule has 3 aromatic rings. The maximum atomic E-state index is 12.4. The Kier molecular flexibility index (Phi) is 3.87. The first-order valence-corrected chi connectivity index (χ1v) is 8.37. The van der Waals surface area contributed by atoms with Crippen molar-refractivity contribution >= 4 is 57.5 Å². The summed E-state index contributed by atoms with van der Waals surface area (Å²) in [5.74, 6) is 0.696. The normalized spacial score (nSPS) is 14.1. The zero-order valence-corrected chi connectivity index (χ0v) is 14.4. The predicted octanol–water partition coefficient (Wildman–Crippen LogP) is 5.31. The predicted molar refractivity (Wildman–Crippen MR) is 93.2 cm³/mol. The van der Waals surface area contributed by atoms with Crippen LogP contribution in [0.3, 0.4) is 0 Å². The monoisotopic (exact) mass is 381 g/mol. The number of oxazole rings is 1. The van der Waals surface area contributed by atoms with Gasteiger partial charge in [0.05, 0.1) is 15.1 Å². The molecule has 1 saturated carbocycles. The molecule has 4 rings (SSSR count). The SMILES string of the molecule is O=C(Nc1ccc2oc(C3CC3)nc2c1)c1ncc(Cl)c(Cl)c1Cl. The molecule has 0 spiro atoms. The van der Waals surface area contributed by atoms with Gasteiger partial charge >= 0.3 is 0 Å². The highest BCUT2D eigenvalue weighted by Gasteiger charge is 2.29. The maximum absolute atomic E-state index is 12.4. The van der Waals surface area contributed by atoms with E-state index in [0.717, 1.165) is 18.7 Å². The summed E-state index contributed by atoms with van der Waals surface area (Å²) in [5.41, 5.74) is 1.96. The van der Waals surface area contributed by atoms with Gasteiger partial charge in [-0.15, -0.1) is 0 Å². The topological polar surface area (TPSA) is 68.0 Å². The van der Waals surface area contributed by atoms with E-state index in [1.165, 1.54) is 6.20 Å². The van der Waals surface area contributed by atoms with Crippen LogP contribution in [0.2, 0.25) is 15.1 Å². The summed E-state index contributed by atoms with van der Waals surface area (Å²) in [4.78, 5) is 20.8. The van der Waals surface area contributed by atoms with Gasteiger partial charge in [-0.1, -0.05) is 34.8 Å². The van der Waals surface area contributed by atoms with E-state index >= 15 is 0 Å². The van der Waals surface area contributed by atoms with Crippen LogP contribution >= 0.6 is 34.8 Å². The molecule has 1 aliphatic rings. The Balaban J connectivity index is 1.61. The highest BCUT2D eigenvalue weighted by Crippen LogP contribution is 2.40. The van der Waals surface area contributed by atoms with E-state index in [4.69, 9.17) is 39.2 Å². The second kappa shape index (κ2) is 5.92. The van der Waals surface area contributed by atoms with Crippen molar-refractivity contribution in [3.05, 3.63) is 51.0 Å². The molecule has 1 aliphatic carbocycles. The lowest BCUT2D eigenvalue weighted by Gasteiger charge is -2.07. The number of amides is 1. The second-order valence-electron chi connectivity index (χ2n) is 5.55. The van der Waals surface area contributed by atoms with Crippen molar-refractivity contribution in [3.63, 3.8) is 0 Å². The molecule has 8 heteroatoms. The van der Waals surface area contributed by atoms with Gasteiger partial charge in [0.25, 0.3) is 5.91 Å². The van der Waals surface area contributed by atoms with Gasteiger partial charge in [0.2, 0.25) is 0 Å². The Bertz CT molecular complexity index is 967. The van der Waals surface area contributed by atoms with Gasteiger partial charge < -0.3 is 9.73 Å². The van der Waals surface area contributed by atoms with Gasteiger partial charge in [0, 0.05) is 17.8 Å². The van der Waals surface area contributed by atoms with Gasteiger partial charge in [-0.25, -0.2) is 9.97 Å². The molecular formula is C16H10Cl3N3O2. The third-order valence-electron chi connectivity index (χ3n) is 3.72. The molecular weight excluding hydrogens is 373 g/mol. The molecule has 1 amide bonds. The second-order valence-corrected chi connectivity index (χ2v) is 6.71. The average molecular weight is 383 g/mol. The number of hydrogen-bond donors (Lipinski definition) is 1. The lowest BCUT2D eigenvalue weighted by molar-refractivity contribution is 0.102. The van der Waals surface area contributed by atoms with Crippen LogP contribution in [0.5, 0.6) is 0 Å². The van der Waals surface area contributed by atoms with Crippen LogP contribution in [0, 0.1) is 0 Å². The molecule has 1 N–H and O–H groups in total. The summed E-state index contributed by atoms with van der Waals surface area (Å²) in [6.07, 6.45) is 3.50. The Hall–Kier alpha value is -1.82. The van der Waals surface area contributed by atoms with Crippen LogP contribution in [0.4, 0.5) is 5.69 Å². The van der Waals surface area contributed by atoms with Crippen molar-refractivity contribution < 1.29 is 9.21 Å². The molecule has 1 fully saturated rings. The maximum Gasteiger partial charge on any atom is 0.275 e. The Labute approximate surface area is 151 Å². The number of hydrogen-bond acceptors (Lipinski definition) is 4. The van der Waals surface area contributed by atoms with E-state index in [0.29, 0.717) is 22.7 Å². The summed E-state index contributed by atoms with van der Waals surface area (Å²) in [6.45, 7) is 0. The van der Waals surface area contributed by atoms with Crippen LogP contribution in [0.1, 0.15) is 35.1 Å². The van der Waals surface area contributed by atoms with Crippen LogP contribution < -0.4 is 5.32 Å². The number of nitrogens with one attached hydrogen (secondary N) is 1. The third-order valence-corrected chi connectivity index (χ3v) is 4.96. The minimum atomic E-state index is -0.483. The van der Waals surface area contributed by atoms with Gasteiger partial charge in [0.1, 0.15) is 11.2 Å². The number of halogens is 3. The van der Waals surface area contributed by atoms with E-state index in [2.05, 4.69) is 15.3 Å². The summed E-state index contributed by atoms with van der Waals surface area (Å²) in [5, 5.41) is 3.02. The molecule has 24 heavy (non-hydrogen) atoms. The molecule has 2 aromatic heterocycles. The number of fused-ring (bicyclic) bond motifs is 1. The fourth-order valence-corrected chi connectivity index (χ4v) is 2.89. The zero-order chi connectivity index (χ0) is 16.8. The Morgan fingerprint density at radius 2 is 2.00 bits per heavy atom. The molecule has 0 saturated heterocycles. The number of aromatic nitrogens is 2. The summed E-state index contributed by atoms with van der Waals surface area (Å²) in [7, 11) is 0. The minimum absolute atomic E-state index is 0.00462. The number of nitrogens with zero attached hydrogens (tertiary/aromatic N) is 2. The van der Waals surface area contributed by atoms with Gasteiger partial charge in [-0.2, -0.15) is 0 Å². The number of carbonyl (C=O) groups excluding carboxylic acids is 1. The van der Waals surface area contributed by atoms with E-state index in [9.17, 15) is 4.79 Å². The van der Waals surface area contributed by atoms with Crippen molar-refractivity contribution in [3.8, 4) is 0 Å². The Morgan fingerprint density at radius 3 is 2.75 bits per heavy atom. The molecule has 1 aromatic carbocycles.